The average Bonchev–Trinajstić information content (AvgIpc) is 2.00. The molecule has 0 saturated heterocycles. The third-order valence-corrected chi connectivity index (χ3v) is 1.70. The van der Waals surface area contributed by atoms with Crippen LogP contribution in [-0.2, 0) is 9.63 Å². The van der Waals surface area contributed by atoms with Crippen molar-refractivity contribution >= 4 is 17.5 Å². The number of hydroxylamine groups is 2. The highest BCUT2D eigenvalue weighted by atomic mass is 35.5. The summed E-state index contributed by atoms with van der Waals surface area (Å²) in [7, 11) is 3.00. The van der Waals surface area contributed by atoms with E-state index in [1.807, 2.05) is 0 Å². The van der Waals surface area contributed by atoms with Gasteiger partial charge in [-0.1, -0.05) is 6.92 Å². The van der Waals surface area contributed by atoms with E-state index in [0.717, 1.165) is 0 Å². The molecule has 0 aromatic carbocycles. The largest absolute Gasteiger partial charge is 0.275 e. The second kappa shape index (κ2) is 4.52. The average molecular weight is 166 g/mol. The summed E-state index contributed by atoms with van der Waals surface area (Å²) in [6.45, 7) is 1.75. The maximum Gasteiger partial charge on any atom is 0.249 e. The lowest BCUT2D eigenvalue weighted by Crippen LogP contribution is -2.31. The van der Waals surface area contributed by atoms with Crippen molar-refractivity contribution in [1.29, 1.82) is 0 Å². The monoisotopic (exact) mass is 165 g/mol. The first kappa shape index (κ1) is 9.72. The van der Waals surface area contributed by atoms with Crippen molar-refractivity contribution in [3.8, 4) is 0 Å². The fraction of sp³-hybridized carbons (Fsp3) is 0.833. The van der Waals surface area contributed by atoms with E-state index in [1.165, 1.54) is 12.2 Å². The number of nitrogens with zero attached hydrogens (tertiary/aromatic N) is 1. The van der Waals surface area contributed by atoms with Crippen LogP contribution in [0.5, 0.6) is 0 Å². The van der Waals surface area contributed by atoms with E-state index in [9.17, 15) is 4.79 Å². The standard InChI is InChI=1S/C6H12ClNO2/c1-5(4-7)6(9)8(2)10-3/h5H,4H2,1-3H3. The van der Waals surface area contributed by atoms with Crippen molar-refractivity contribution in [2.75, 3.05) is 20.0 Å². The molecule has 0 bridgehead atoms. The molecule has 60 valence electrons. The number of hydrogen-bond donors (Lipinski definition) is 0. The zero-order valence-corrected chi connectivity index (χ0v) is 7.18. The first-order valence-corrected chi connectivity index (χ1v) is 3.54. The van der Waals surface area contributed by atoms with Gasteiger partial charge in [0.2, 0.25) is 5.91 Å². The number of halogens is 1. The minimum absolute atomic E-state index is 0.0995. The third-order valence-electron chi connectivity index (χ3n) is 1.24. The molecule has 0 N–H and O–H groups in total. The SMILES string of the molecule is CON(C)C(=O)C(C)CCl. The zero-order valence-electron chi connectivity index (χ0n) is 6.43. The summed E-state index contributed by atoms with van der Waals surface area (Å²) in [4.78, 5) is 15.7. The summed E-state index contributed by atoms with van der Waals surface area (Å²) in [5, 5.41) is 1.17. The fourth-order valence-electron chi connectivity index (χ4n) is 0.466. The van der Waals surface area contributed by atoms with E-state index in [4.69, 9.17) is 11.6 Å². The molecule has 0 aliphatic heterocycles. The summed E-state index contributed by atoms with van der Waals surface area (Å²) in [6.07, 6.45) is 0. The Morgan fingerprint density at radius 3 is 2.60 bits per heavy atom. The Morgan fingerprint density at radius 1 is 1.80 bits per heavy atom. The molecule has 0 aliphatic carbocycles. The summed E-state index contributed by atoms with van der Waals surface area (Å²) in [5.41, 5.74) is 0. The van der Waals surface area contributed by atoms with E-state index < -0.39 is 0 Å². The number of rotatable bonds is 3. The molecule has 1 unspecified atom stereocenters. The second-order valence-corrected chi connectivity index (χ2v) is 2.38. The number of amides is 1. The van der Waals surface area contributed by atoms with Crippen molar-refractivity contribution in [3.63, 3.8) is 0 Å². The Hall–Kier alpha value is -0.280. The number of carbonyl (C=O) groups excluding carboxylic acids is 1. The van der Waals surface area contributed by atoms with Crippen LogP contribution in [0.3, 0.4) is 0 Å². The maximum absolute atomic E-state index is 11.0. The molecule has 1 atom stereocenters. The molecule has 0 aliphatic rings. The minimum atomic E-state index is -0.174. The predicted octanol–water partition coefficient (Wildman–Crippen LogP) is 0.881. The van der Waals surface area contributed by atoms with Crippen LogP contribution in [0.15, 0.2) is 0 Å². The molecule has 0 spiro atoms. The van der Waals surface area contributed by atoms with E-state index in [-0.39, 0.29) is 11.8 Å². The van der Waals surface area contributed by atoms with Crippen molar-refractivity contribution < 1.29 is 9.63 Å². The van der Waals surface area contributed by atoms with Gasteiger partial charge in [0.15, 0.2) is 0 Å². The molecule has 10 heavy (non-hydrogen) atoms. The molecule has 1 amide bonds. The van der Waals surface area contributed by atoms with E-state index >= 15 is 0 Å². The Bertz CT molecular complexity index is 106. The molecular weight excluding hydrogens is 154 g/mol. The van der Waals surface area contributed by atoms with Gasteiger partial charge in [0.05, 0.1) is 13.0 Å². The van der Waals surface area contributed by atoms with Gasteiger partial charge in [-0.3, -0.25) is 9.63 Å². The first-order chi connectivity index (χ1) is 4.63. The van der Waals surface area contributed by atoms with Gasteiger partial charge in [-0.25, -0.2) is 5.06 Å². The van der Waals surface area contributed by atoms with Gasteiger partial charge < -0.3 is 0 Å². The summed E-state index contributed by atoms with van der Waals surface area (Å²) >= 11 is 5.44. The zero-order chi connectivity index (χ0) is 8.15. The van der Waals surface area contributed by atoms with Crippen molar-refractivity contribution in [1.82, 2.24) is 5.06 Å². The highest BCUT2D eigenvalue weighted by Gasteiger charge is 2.15. The highest BCUT2D eigenvalue weighted by molar-refractivity contribution is 6.19. The van der Waals surface area contributed by atoms with Crippen LogP contribution in [0.4, 0.5) is 0 Å². The molecule has 0 fully saturated rings. The van der Waals surface area contributed by atoms with E-state index in [1.54, 1.807) is 14.0 Å². The number of hydrogen-bond acceptors (Lipinski definition) is 2. The maximum atomic E-state index is 11.0. The summed E-state index contributed by atoms with van der Waals surface area (Å²) < 4.78 is 0. The van der Waals surface area contributed by atoms with Gasteiger partial charge >= 0.3 is 0 Å². The molecular formula is C6H12ClNO2. The lowest BCUT2D eigenvalue weighted by molar-refractivity contribution is -0.172. The summed E-state index contributed by atoms with van der Waals surface area (Å²) in [6, 6.07) is 0. The lowest BCUT2D eigenvalue weighted by atomic mass is 10.2. The molecule has 0 heterocycles. The Labute approximate surface area is 65.9 Å². The van der Waals surface area contributed by atoms with Gasteiger partial charge in [0.25, 0.3) is 0 Å². The molecule has 0 radical (unpaired) electrons. The lowest BCUT2D eigenvalue weighted by Gasteiger charge is -2.16. The molecule has 0 aromatic heterocycles. The van der Waals surface area contributed by atoms with Crippen LogP contribution in [0.25, 0.3) is 0 Å². The third kappa shape index (κ3) is 2.54. The van der Waals surface area contributed by atoms with Crippen LogP contribution < -0.4 is 0 Å². The topological polar surface area (TPSA) is 29.5 Å². The fourth-order valence-corrected chi connectivity index (χ4v) is 0.598. The minimum Gasteiger partial charge on any atom is -0.275 e. The van der Waals surface area contributed by atoms with E-state index in [0.29, 0.717) is 5.88 Å². The Kier molecular flexibility index (Phi) is 4.40. The normalized spacial score (nSPS) is 12.8. The van der Waals surface area contributed by atoms with Crippen LogP contribution in [0, 0.1) is 5.92 Å². The molecule has 0 saturated carbocycles. The molecule has 0 aromatic rings. The van der Waals surface area contributed by atoms with Gasteiger partial charge in [-0.15, -0.1) is 11.6 Å². The Balaban J connectivity index is 3.82. The Morgan fingerprint density at radius 2 is 2.30 bits per heavy atom. The number of carbonyl (C=O) groups is 1. The van der Waals surface area contributed by atoms with Gasteiger partial charge in [-0.2, -0.15) is 0 Å². The predicted molar refractivity (Wildman–Crippen MR) is 39.7 cm³/mol. The smallest absolute Gasteiger partial charge is 0.249 e. The molecule has 4 heteroatoms. The van der Waals surface area contributed by atoms with Gasteiger partial charge in [0.1, 0.15) is 0 Å². The first-order valence-electron chi connectivity index (χ1n) is 3.01. The van der Waals surface area contributed by atoms with Gasteiger partial charge in [0, 0.05) is 12.9 Å². The second-order valence-electron chi connectivity index (χ2n) is 2.07. The van der Waals surface area contributed by atoms with Crippen LogP contribution in [0.1, 0.15) is 6.92 Å². The summed E-state index contributed by atoms with van der Waals surface area (Å²) in [5.74, 6) is 0.0520. The number of alkyl halides is 1. The van der Waals surface area contributed by atoms with Crippen LogP contribution in [0.2, 0.25) is 0 Å². The van der Waals surface area contributed by atoms with Crippen LogP contribution >= 0.6 is 11.6 Å². The van der Waals surface area contributed by atoms with Crippen LogP contribution in [-0.4, -0.2) is 31.0 Å². The molecule has 0 rings (SSSR count). The molecule has 3 nitrogen and oxygen atoms in total. The van der Waals surface area contributed by atoms with E-state index in [2.05, 4.69) is 4.84 Å². The van der Waals surface area contributed by atoms with Crippen molar-refractivity contribution in [3.05, 3.63) is 0 Å². The quantitative estimate of drug-likeness (QED) is 0.459. The van der Waals surface area contributed by atoms with Crippen molar-refractivity contribution in [2.24, 2.45) is 5.92 Å². The van der Waals surface area contributed by atoms with Crippen molar-refractivity contribution in [2.45, 2.75) is 6.92 Å². The highest BCUT2D eigenvalue weighted by Crippen LogP contribution is 2.02. The van der Waals surface area contributed by atoms with Gasteiger partial charge in [-0.05, 0) is 0 Å².